The number of piperidine rings is 1. The molecule has 1 amide bonds. The Bertz CT molecular complexity index is 1330. The number of carbonyl (C=O) groups excluding carboxylic acids is 1. The highest BCUT2D eigenvalue weighted by atomic mass is 16.2. The molecule has 2 aliphatic rings. The van der Waals surface area contributed by atoms with Gasteiger partial charge in [-0.1, -0.05) is 6.07 Å². The van der Waals surface area contributed by atoms with E-state index < -0.39 is 0 Å². The minimum absolute atomic E-state index is 0.175. The molecule has 178 valence electrons. The molecular weight excluding hydrogens is 434 g/mol. The average Bonchev–Trinajstić information content (AvgIpc) is 3.45. The van der Waals surface area contributed by atoms with Gasteiger partial charge in [-0.15, -0.1) is 0 Å². The first-order valence-corrected chi connectivity index (χ1v) is 12.6. The van der Waals surface area contributed by atoms with Gasteiger partial charge in [-0.2, -0.15) is 0 Å². The molecule has 2 bridgehead atoms. The first-order valence-electron chi connectivity index (χ1n) is 12.6. The molecule has 2 saturated heterocycles. The molecule has 0 radical (unpaired) electrons. The lowest BCUT2D eigenvalue weighted by atomic mass is 9.86. The summed E-state index contributed by atoms with van der Waals surface area (Å²) in [5, 5.41) is 4.66. The Labute approximate surface area is 205 Å². The summed E-state index contributed by atoms with van der Waals surface area (Å²) in [6, 6.07) is 17.1. The van der Waals surface area contributed by atoms with E-state index in [-0.39, 0.29) is 5.91 Å². The number of carbonyl (C=O) groups is 1. The van der Waals surface area contributed by atoms with Crippen LogP contribution in [0, 0.1) is 12.8 Å². The minimum atomic E-state index is 0.175. The third kappa shape index (κ3) is 4.41. The van der Waals surface area contributed by atoms with Crippen LogP contribution in [-0.4, -0.2) is 37.8 Å². The van der Waals surface area contributed by atoms with Crippen molar-refractivity contribution in [3.63, 3.8) is 0 Å². The fourth-order valence-corrected chi connectivity index (χ4v) is 5.96. The Hall–Kier alpha value is -3.67. The van der Waals surface area contributed by atoms with E-state index in [0.29, 0.717) is 24.5 Å². The fraction of sp³-hybridized carbons (Fsp3) is 0.345. The Morgan fingerprint density at radius 3 is 2.66 bits per heavy atom. The summed E-state index contributed by atoms with van der Waals surface area (Å²) in [6.45, 7) is 2.79. The van der Waals surface area contributed by atoms with Crippen LogP contribution in [0.4, 0.5) is 5.69 Å². The molecule has 2 fully saturated rings. The standard InChI is InChI=1S/C29H31N5O/c1-19-2-3-23(17-27(19)32-18-20-8-11-30-12-9-20)29(35)34-25-6-7-26(34)16-21(15-25)14-24-5-4-22-10-13-31-28(22)33-24/h2-5,8-13,17,21,25-26,32H,6-7,14-16,18H2,1H3,(H,31,33). The van der Waals surface area contributed by atoms with Crippen molar-refractivity contribution in [1.29, 1.82) is 0 Å². The van der Waals surface area contributed by atoms with E-state index in [1.54, 1.807) is 12.4 Å². The van der Waals surface area contributed by atoms with E-state index in [9.17, 15) is 4.79 Å². The van der Waals surface area contributed by atoms with Crippen molar-refractivity contribution < 1.29 is 4.79 Å². The molecule has 4 aromatic rings. The fourth-order valence-electron chi connectivity index (χ4n) is 5.96. The third-order valence-electron chi connectivity index (χ3n) is 7.75. The number of aryl methyl sites for hydroxylation is 1. The van der Waals surface area contributed by atoms with Crippen molar-refractivity contribution in [3.8, 4) is 0 Å². The van der Waals surface area contributed by atoms with Gasteiger partial charge in [0.2, 0.25) is 0 Å². The van der Waals surface area contributed by atoms with Crippen molar-refractivity contribution in [2.45, 2.75) is 57.7 Å². The monoisotopic (exact) mass is 465 g/mol. The topological polar surface area (TPSA) is 73.9 Å². The summed E-state index contributed by atoms with van der Waals surface area (Å²) in [6.07, 6.45) is 10.9. The van der Waals surface area contributed by atoms with Crippen LogP contribution in [0.25, 0.3) is 11.0 Å². The zero-order valence-corrected chi connectivity index (χ0v) is 20.1. The van der Waals surface area contributed by atoms with Crippen molar-refractivity contribution in [3.05, 3.63) is 89.5 Å². The van der Waals surface area contributed by atoms with Gasteiger partial charge in [-0.3, -0.25) is 9.78 Å². The molecule has 1 aromatic carbocycles. The number of H-pyrrole nitrogens is 1. The largest absolute Gasteiger partial charge is 0.381 e. The van der Waals surface area contributed by atoms with Gasteiger partial charge in [-0.05, 0) is 98.5 Å². The highest BCUT2D eigenvalue weighted by Crippen LogP contribution is 2.41. The number of amides is 1. The lowest BCUT2D eigenvalue weighted by Gasteiger charge is -2.39. The average molecular weight is 466 g/mol. The second kappa shape index (κ2) is 9.17. The van der Waals surface area contributed by atoms with Gasteiger partial charge in [0.05, 0.1) is 0 Å². The van der Waals surface area contributed by atoms with Crippen LogP contribution in [0.2, 0.25) is 0 Å². The number of nitrogens with zero attached hydrogens (tertiary/aromatic N) is 3. The van der Waals surface area contributed by atoms with E-state index in [0.717, 1.165) is 65.6 Å². The number of nitrogens with one attached hydrogen (secondary N) is 2. The Kier molecular flexibility index (Phi) is 5.72. The van der Waals surface area contributed by atoms with Crippen LogP contribution < -0.4 is 5.32 Å². The number of fused-ring (bicyclic) bond motifs is 3. The molecule has 6 nitrogen and oxygen atoms in total. The highest BCUT2D eigenvalue weighted by Gasteiger charge is 2.43. The number of hydrogen-bond donors (Lipinski definition) is 2. The van der Waals surface area contributed by atoms with E-state index in [2.05, 4.69) is 51.4 Å². The quantitative estimate of drug-likeness (QED) is 0.394. The van der Waals surface area contributed by atoms with E-state index >= 15 is 0 Å². The lowest BCUT2D eigenvalue weighted by molar-refractivity contribution is 0.0524. The molecule has 0 spiro atoms. The molecular formula is C29H31N5O. The Morgan fingerprint density at radius 2 is 1.86 bits per heavy atom. The Balaban J connectivity index is 1.14. The minimum Gasteiger partial charge on any atom is -0.381 e. The SMILES string of the molecule is Cc1ccc(C(=O)N2C3CCC2CC(Cc2ccc4cc[nH]c4n2)C3)cc1NCc1ccncc1. The summed E-state index contributed by atoms with van der Waals surface area (Å²) in [5.74, 6) is 0.751. The molecule has 5 heterocycles. The predicted molar refractivity (Wildman–Crippen MR) is 138 cm³/mol. The first kappa shape index (κ1) is 21.8. The number of pyridine rings is 2. The number of anilines is 1. The second-order valence-electron chi connectivity index (χ2n) is 10.1. The maximum atomic E-state index is 13.7. The number of hydrogen-bond acceptors (Lipinski definition) is 4. The predicted octanol–water partition coefficient (Wildman–Crippen LogP) is 5.50. The molecule has 35 heavy (non-hydrogen) atoms. The molecule has 0 saturated carbocycles. The zero-order valence-electron chi connectivity index (χ0n) is 20.1. The second-order valence-corrected chi connectivity index (χ2v) is 10.1. The molecule has 2 N–H and O–H groups in total. The van der Waals surface area contributed by atoms with Gasteiger partial charge in [0.1, 0.15) is 5.65 Å². The zero-order chi connectivity index (χ0) is 23.8. The van der Waals surface area contributed by atoms with Crippen molar-refractivity contribution in [2.24, 2.45) is 5.92 Å². The summed E-state index contributed by atoms with van der Waals surface area (Å²) in [7, 11) is 0. The van der Waals surface area contributed by atoms with Crippen molar-refractivity contribution in [1.82, 2.24) is 19.9 Å². The van der Waals surface area contributed by atoms with Crippen molar-refractivity contribution in [2.75, 3.05) is 5.32 Å². The van der Waals surface area contributed by atoms with Gasteiger partial charge >= 0.3 is 0 Å². The smallest absolute Gasteiger partial charge is 0.254 e. The molecule has 2 atom stereocenters. The summed E-state index contributed by atoms with van der Waals surface area (Å²) < 4.78 is 0. The molecule has 2 unspecified atom stereocenters. The summed E-state index contributed by atoms with van der Waals surface area (Å²) >= 11 is 0. The number of aromatic amines is 1. The number of aromatic nitrogens is 3. The van der Waals surface area contributed by atoms with Gasteiger partial charge in [0, 0.05) is 59.5 Å². The van der Waals surface area contributed by atoms with Crippen LogP contribution >= 0.6 is 0 Å². The molecule has 0 aliphatic carbocycles. The van der Waals surface area contributed by atoms with Crippen LogP contribution in [0.15, 0.2) is 67.1 Å². The first-order chi connectivity index (χ1) is 17.1. The number of benzene rings is 1. The number of rotatable bonds is 6. The van der Waals surface area contributed by atoms with Crippen LogP contribution in [-0.2, 0) is 13.0 Å². The van der Waals surface area contributed by atoms with Gasteiger partial charge in [0.15, 0.2) is 0 Å². The van der Waals surface area contributed by atoms with Crippen LogP contribution in [0.3, 0.4) is 0 Å². The molecule has 3 aromatic heterocycles. The highest BCUT2D eigenvalue weighted by molar-refractivity contribution is 5.96. The van der Waals surface area contributed by atoms with Crippen LogP contribution in [0.5, 0.6) is 0 Å². The maximum Gasteiger partial charge on any atom is 0.254 e. The van der Waals surface area contributed by atoms with Crippen LogP contribution in [0.1, 0.15) is 52.9 Å². The van der Waals surface area contributed by atoms with Gasteiger partial charge in [0.25, 0.3) is 5.91 Å². The molecule has 6 rings (SSSR count). The van der Waals surface area contributed by atoms with E-state index in [1.165, 1.54) is 5.56 Å². The molecule has 6 heteroatoms. The summed E-state index contributed by atoms with van der Waals surface area (Å²) in [5.41, 5.74) is 6.21. The van der Waals surface area contributed by atoms with E-state index in [4.69, 9.17) is 4.98 Å². The summed E-state index contributed by atoms with van der Waals surface area (Å²) in [4.78, 5) is 28.0. The third-order valence-corrected chi connectivity index (χ3v) is 7.75. The van der Waals surface area contributed by atoms with Gasteiger partial charge in [-0.25, -0.2) is 4.98 Å². The Morgan fingerprint density at radius 1 is 1.06 bits per heavy atom. The van der Waals surface area contributed by atoms with E-state index in [1.807, 2.05) is 30.5 Å². The van der Waals surface area contributed by atoms with Crippen molar-refractivity contribution >= 4 is 22.6 Å². The van der Waals surface area contributed by atoms with Gasteiger partial charge < -0.3 is 15.2 Å². The lowest BCUT2D eigenvalue weighted by Crippen LogP contribution is -2.47. The maximum absolute atomic E-state index is 13.7. The normalized spacial score (nSPS) is 21.4. The molecule has 2 aliphatic heterocycles.